The van der Waals surface area contributed by atoms with Crippen molar-refractivity contribution >= 4 is 19.9 Å². The summed E-state index contributed by atoms with van der Waals surface area (Å²) in [4.78, 5) is 0. The van der Waals surface area contributed by atoms with Crippen molar-refractivity contribution in [2.24, 2.45) is 0 Å². The van der Waals surface area contributed by atoms with E-state index < -0.39 is 0 Å². The quantitative estimate of drug-likeness (QED) is 0.279. The molecule has 0 nitrogen and oxygen atoms in total. The first-order valence-corrected chi connectivity index (χ1v) is 4.72. The van der Waals surface area contributed by atoms with E-state index in [0.717, 1.165) is 6.04 Å². The van der Waals surface area contributed by atoms with Gasteiger partial charge in [-0.05, 0) is 6.04 Å². The first-order chi connectivity index (χ1) is 2.41. The zero-order chi connectivity index (χ0) is 4.12. The standard InChI is InChI=1S/C3H7ClSi/c1-2-3-5-4/h2H,1,3,5H2. The third-order valence-corrected chi connectivity index (χ3v) is 1.59. The van der Waals surface area contributed by atoms with Gasteiger partial charge in [0.05, 0.1) is 0 Å². The molecular weight excluding hydrogens is 99.6 g/mol. The van der Waals surface area contributed by atoms with Gasteiger partial charge in [0, 0.05) is 0 Å². The summed E-state index contributed by atoms with van der Waals surface area (Å²) in [5.74, 6) is 0. The van der Waals surface area contributed by atoms with E-state index in [1.165, 1.54) is 0 Å². The molecule has 0 unspecified atom stereocenters. The fourth-order valence-electron chi connectivity index (χ4n) is 0.0772. The van der Waals surface area contributed by atoms with Crippen LogP contribution in [0.4, 0.5) is 0 Å². The topological polar surface area (TPSA) is 0 Å². The zero-order valence-electron chi connectivity index (χ0n) is 3.08. The number of allylic oxidation sites excluding steroid dienone is 1. The van der Waals surface area contributed by atoms with Crippen molar-refractivity contribution in [2.45, 2.75) is 6.04 Å². The van der Waals surface area contributed by atoms with Gasteiger partial charge in [-0.15, -0.1) is 6.58 Å². The summed E-state index contributed by atoms with van der Waals surface area (Å²) in [6.45, 7) is 3.50. The van der Waals surface area contributed by atoms with E-state index >= 15 is 0 Å². The van der Waals surface area contributed by atoms with Gasteiger partial charge >= 0.3 is 0 Å². The maximum absolute atomic E-state index is 5.37. The first kappa shape index (κ1) is 5.25. The molecule has 5 heavy (non-hydrogen) atoms. The normalized spacial score (nSPS) is 9.80. The Morgan fingerprint density at radius 2 is 2.60 bits per heavy atom. The molecular formula is C3H7ClSi. The van der Waals surface area contributed by atoms with Crippen molar-refractivity contribution in [1.82, 2.24) is 0 Å². The van der Waals surface area contributed by atoms with Crippen LogP contribution in [0.3, 0.4) is 0 Å². The van der Waals surface area contributed by atoms with Crippen LogP contribution in [0.25, 0.3) is 0 Å². The van der Waals surface area contributed by atoms with Crippen LogP contribution in [0.2, 0.25) is 6.04 Å². The Labute approximate surface area is 39.4 Å². The average Bonchev–Trinajstić information content (AvgIpc) is 1.41. The maximum Gasteiger partial charge on any atom is 0.129 e. The third-order valence-electron chi connectivity index (χ3n) is 0.313. The van der Waals surface area contributed by atoms with E-state index in [4.69, 9.17) is 11.1 Å². The summed E-state index contributed by atoms with van der Waals surface area (Å²) < 4.78 is 0. The van der Waals surface area contributed by atoms with Crippen molar-refractivity contribution in [3.8, 4) is 0 Å². The molecule has 0 aliphatic rings. The van der Waals surface area contributed by atoms with Gasteiger partial charge in [-0.25, -0.2) is 0 Å². The SMILES string of the molecule is C=CC[SiH2]Cl. The first-order valence-electron chi connectivity index (χ1n) is 1.58. The van der Waals surface area contributed by atoms with Gasteiger partial charge in [-0.1, -0.05) is 6.08 Å². The van der Waals surface area contributed by atoms with Crippen molar-refractivity contribution < 1.29 is 0 Å². The minimum absolute atomic E-state index is 0.232. The highest BCUT2D eigenvalue weighted by atomic mass is 35.6. The van der Waals surface area contributed by atoms with Gasteiger partial charge in [0.1, 0.15) is 8.83 Å². The van der Waals surface area contributed by atoms with Crippen LogP contribution in [0.1, 0.15) is 0 Å². The molecule has 0 heterocycles. The molecule has 0 rings (SSSR count). The minimum atomic E-state index is -0.232. The van der Waals surface area contributed by atoms with Gasteiger partial charge in [0.25, 0.3) is 0 Å². The minimum Gasteiger partial charge on any atom is -0.176 e. The lowest BCUT2D eigenvalue weighted by Crippen LogP contribution is -1.64. The molecule has 0 bridgehead atoms. The summed E-state index contributed by atoms with van der Waals surface area (Å²) in [6.07, 6.45) is 1.86. The third kappa shape index (κ3) is 4.25. The molecule has 0 radical (unpaired) electrons. The van der Waals surface area contributed by atoms with Gasteiger partial charge in [0.15, 0.2) is 0 Å². The fraction of sp³-hybridized carbons (Fsp3) is 0.333. The smallest absolute Gasteiger partial charge is 0.129 e. The van der Waals surface area contributed by atoms with E-state index in [1.807, 2.05) is 6.08 Å². The van der Waals surface area contributed by atoms with E-state index in [0.29, 0.717) is 0 Å². The fourth-order valence-corrected chi connectivity index (χ4v) is 0.694. The van der Waals surface area contributed by atoms with Crippen LogP contribution in [0.5, 0.6) is 0 Å². The number of rotatable bonds is 2. The molecule has 0 saturated heterocycles. The monoisotopic (exact) mass is 106 g/mol. The van der Waals surface area contributed by atoms with Gasteiger partial charge in [-0.2, -0.15) is 11.1 Å². The van der Waals surface area contributed by atoms with Crippen molar-refractivity contribution in [3.63, 3.8) is 0 Å². The summed E-state index contributed by atoms with van der Waals surface area (Å²) in [6, 6.07) is 1.06. The summed E-state index contributed by atoms with van der Waals surface area (Å²) in [5, 5.41) is 0. The van der Waals surface area contributed by atoms with E-state index in [1.54, 1.807) is 0 Å². The van der Waals surface area contributed by atoms with Crippen LogP contribution < -0.4 is 0 Å². The van der Waals surface area contributed by atoms with Crippen molar-refractivity contribution in [2.75, 3.05) is 0 Å². The van der Waals surface area contributed by atoms with Crippen LogP contribution in [-0.2, 0) is 0 Å². The lowest BCUT2D eigenvalue weighted by Gasteiger charge is -1.68. The Bertz CT molecular complexity index is 28.1. The summed E-state index contributed by atoms with van der Waals surface area (Å²) in [7, 11) is -0.232. The summed E-state index contributed by atoms with van der Waals surface area (Å²) >= 11 is 5.37. The molecule has 0 aromatic carbocycles. The lowest BCUT2D eigenvalue weighted by atomic mass is 10.8. The van der Waals surface area contributed by atoms with Gasteiger partial charge in [-0.3, -0.25) is 0 Å². The zero-order valence-corrected chi connectivity index (χ0v) is 5.25. The highest BCUT2D eigenvalue weighted by Gasteiger charge is 1.66. The number of hydrogen-bond acceptors (Lipinski definition) is 0. The highest BCUT2D eigenvalue weighted by Crippen LogP contribution is 1.78. The Hall–Kier alpha value is 0.247. The Morgan fingerprint density at radius 1 is 2.00 bits per heavy atom. The molecule has 0 aromatic rings. The number of hydrogen-bond donors (Lipinski definition) is 0. The second-order valence-corrected chi connectivity index (χ2v) is 2.86. The largest absolute Gasteiger partial charge is 0.176 e. The Morgan fingerprint density at radius 3 is 2.60 bits per heavy atom. The predicted molar refractivity (Wildman–Crippen MR) is 29.4 cm³/mol. The molecule has 0 atom stereocenters. The van der Waals surface area contributed by atoms with Crippen molar-refractivity contribution in [3.05, 3.63) is 12.7 Å². The second-order valence-electron chi connectivity index (χ2n) is 0.766. The molecule has 30 valence electrons. The molecule has 0 saturated carbocycles. The van der Waals surface area contributed by atoms with Crippen LogP contribution in [-0.4, -0.2) is 8.83 Å². The molecule has 0 spiro atoms. The van der Waals surface area contributed by atoms with Gasteiger partial charge in [0.2, 0.25) is 0 Å². The Kier molecular flexibility index (Phi) is 4.46. The lowest BCUT2D eigenvalue weighted by molar-refractivity contribution is 1.75. The van der Waals surface area contributed by atoms with Crippen molar-refractivity contribution in [1.29, 1.82) is 0 Å². The number of halogens is 1. The molecule has 0 fully saturated rings. The average molecular weight is 107 g/mol. The predicted octanol–water partition coefficient (Wildman–Crippen LogP) is 0.913. The highest BCUT2D eigenvalue weighted by molar-refractivity contribution is 6.93. The molecule has 0 aliphatic carbocycles. The molecule has 0 aliphatic heterocycles. The molecule has 2 heteroatoms. The Balaban J connectivity index is 2.40. The maximum atomic E-state index is 5.37. The van der Waals surface area contributed by atoms with E-state index in [-0.39, 0.29) is 8.83 Å². The van der Waals surface area contributed by atoms with Crippen LogP contribution >= 0.6 is 11.1 Å². The van der Waals surface area contributed by atoms with Crippen LogP contribution in [0, 0.1) is 0 Å². The molecule has 0 N–H and O–H groups in total. The van der Waals surface area contributed by atoms with Crippen LogP contribution in [0.15, 0.2) is 12.7 Å². The van der Waals surface area contributed by atoms with E-state index in [9.17, 15) is 0 Å². The van der Waals surface area contributed by atoms with Gasteiger partial charge < -0.3 is 0 Å². The molecule has 0 amide bonds. The molecule has 0 aromatic heterocycles. The second kappa shape index (κ2) is 4.25. The van der Waals surface area contributed by atoms with E-state index in [2.05, 4.69) is 6.58 Å². The summed E-state index contributed by atoms with van der Waals surface area (Å²) in [5.41, 5.74) is 0.